The van der Waals surface area contributed by atoms with E-state index in [-0.39, 0.29) is 16.9 Å². The number of halogens is 2. The summed E-state index contributed by atoms with van der Waals surface area (Å²) in [5.74, 6) is 0.0419. The van der Waals surface area contributed by atoms with Gasteiger partial charge in [0, 0.05) is 12.6 Å². The lowest BCUT2D eigenvalue weighted by Crippen LogP contribution is -2.32. The SMILES string of the molecule is CN1C(N)=NCC1c1cccc(Cl)c1F. The number of hydrogen-bond donors (Lipinski definition) is 1. The van der Waals surface area contributed by atoms with E-state index >= 15 is 0 Å². The number of hydrogen-bond acceptors (Lipinski definition) is 3. The highest BCUT2D eigenvalue weighted by molar-refractivity contribution is 6.30. The van der Waals surface area contributed by atoms with Crippen LogP contribution in [0, 0.1) is 5.82 Å². The molecular weight excluding hydrogens is 217 g/mol. The summed E-state index contributed by atoms with van der Waals surface area (Å²) in [4.78, 5) is 5.80. The van der Waals surface area contributed by atoms with E-state index in [1.807, 2.05) is 0 Å². The van der Waals surface area contributed by atoms with E-state index in [1.165, 1.54) is 6.07 Å². The van der Waals surface area contributed by atoms with Crippen LogP contribution in [-0.4, -0.2) is 24.5 Å². The molecule has 1 aliphatic heterocycles. The van der Waals surface area contributed by atoms with Crippen molar-refractivity contribution in [1.29, 1.82) is 0 Å². The third-order valence-electron chi connectivity index (χ3n) is 2.60. The molecule has 0 amide bonds. The summed E-state index contributed by atoms with van der Waals surface area (Å²) < 4.78 is 13.7. The van der Waals surface area contributed by atoms with Gasteiger partial charge in [-0.25, -0.2) is 4.39 Å². The summed E-state index contributed by atoms with van der Waals surface area (Å²) in [5, 5.41) is 0.131. The van der Waals surface area contributed by atoms with Crippen LogP contribution in [0.4, 0.5) is 4.39 Å². The Labute approximate surface area is 92.3 Å². The Morgan fingerprint density at radius 3 is 2.93 bits per heavy atom. The predicted octanol–water partition coefficient (Wildman–Crippen LogP) is 1.78. The van der Waals surface area contributed by atoms with Crippen molar-refractivity contribution in [3.05, 3.63) is 34.6 Å². The zero-order chi connectivity index (χ0) is 11.0. The van der Waals surface area contributed by atoms with Gasteiger partial charge in [-0.15, -0.1) is 0 Å². The van der Waals surface area contributed by atoms with Crippen molar-refractivity contribution in [2.75, 3.05) is 13.6 Å². The maximum absolute atomic E-state index is 13.7. The number of rotatable bonds is 1. The monoisotopic (exact) mass is 227 g/mol. The molecule has 0 spiro atoms. The van der Waals surface area contributed by atoms with Gasteiger partial charge in [0.15, 0.2) is 5.96 Å². The molecule has 0 saturated carbocycles. The van der Waals surface area contributed by atoms with Crippen LogP contribution in [0.2, 0.25) is 5.02 Å². The second-order valence-corrected chi connectivity index (χ2v) is 3.88. The van der Waals surface area contributed by atoms with Gasteiger partial charge in [0.05, 0.1) is 17.6 Å². The minimum absolute atomic E-state index is 0.131. The van der Waals surface area contributed by atoms with E-state index in [2.05, 4.69) is 4.99 Å². The zero-order valence-corrected chi connectivity index (χ0v) is 9.00. The Morgan fingerprint density at radius 2 is 2.33 bits per heavy atom. The average molecular weight is 228 g/mol. The molecule has 0 bridgehead atoms. The molecule has 0 aliphatic carbocycles. The van der Waals surface area contributed by atoms with E-state index in [0.29, 0.717) is 18.1 Å². The van der Waals surface area contributed by atoms with Gasteiger partial charge >= 0.3 is 0 Å². The van der Waals surface area contributed by atoms with E-state index in [4.69, 9.17) is 17.3 Å². The Kier molecular flexibility index (Phi) is 2.52. The van der Waals surface area contributed by atoms with Crippen LogP contribution in [0.25, 0.3) is 0 Å². The fourth-order valence-corrected chi connectivity index (χ4v) is 1.84. The predicted molar refractivity (Wildman–Crippen MR) is 58.4 cm³/mol. The first-order valence-electron chi connectivity index (χ1n) is 4.58. The highest BCUT2D eigenvalue weighted by Crippen LogP contribution is 2.29. The van der Waals surface area contributed by atoms with Gasteiger partial charge in [0.25, 0.3) is 0 Å². The Bertz CT molecular complexity index is 419. The number of guanidine groups is 1. The first kappa shape index (κ1) is 10.2. The number of aliphatic imine (C=N–C) groups is 1. The van der Waals surface area contributed by atoms with Crippen molar-refractivity contribution in [2.24, 2.45) is 10.7 Å². The number of nitrogens with zero attached hydrogens (tertiary/aromatic N) is 2. The Morgan fingerprint density at radius 1 is 1.60 bits per heavy atom. The lowest BCUT2D eigenvalue weighted by atomic mass is 10.1. The second-order valence-electron chi connectivity index (χ2n) is 3.47. The van der Waals surface area contributed by atoms with Crippen molar-refractivity contribution < 1.29 is 4.39 Å². The van der Waals surface area contributed by atoms with Gasteiger partial charge in [-0.1, -0.05) is 23.7 Å². The topological polar surface area (TPSA) is 41.6 Å². The van der Waals surface area contributed by atoms with Crippen molar-refractivity contribution in [2.45, 2.75) is 6.04 Å². The molecule has 1 unspecified atom stereocenters. The van der Waals surface area contributed by atoms with Crippen LogP contribution in [0.15, 0.2) is 23.2 Å². The van der Waals surface area contributed by atoms with Gasteiger partial charge in [-0.2, -0.15) is 0 Å². The summed E-state index contributed by atoms with van der Waals surface area (Å²) in [7, 11) is 1.79. The van der Waals surface area contributed by atoms with Crippen LogP contribution in [0.5, 0.6) is 0 Å². The molecule has 3 nitrogen and oxygen atoms in total. The van der Waals surface area contributed by atoms with Crippen molar-refractivity contribution >= 4 is 17.6 Å². The highest BCUT2D eigenvalue weighted by atomic mass is 35.5. The van der Waals surface area contributed by atoms with Crippen LogP contribution in [-0.2, 0) is 0 Å². The largest absolute Gasteiger partial charge is 0.370 e. The minimum Gasteiger partial charge on any atom is -0.370 e. The number of nitrogens with two attached hydrogens (primary N) is 1. The highest BCUT2D eigenvalue weighted by Gasteiger charge is 2.26. The minimum atomic E-state index is -0.388. The summed E-state index contributed by atoms with van der Waals surface area (Å²) in [5.41, 5.74) is 6.15. The first-order chi connectivity index (χ1) is 7.11. The van der Waals surface area contributed by atoms with Crippen LogP contribution < -0.4 is 5.73 Å². The van der Waals surface area contributed by atoms with E-state index in [1.54, 1.807) is 24.1 Å². The van der Waals surface area contributed by atoms with Crippen LogP contribution >= 0.6 is 11.6 Å². The fourth-order valence-electron chi connectivity index (χ4n) is 1.66. The Hall–Kier alpha value is -1.29. The van der Waals surface area contributed by atoms with Crippen molar-refractivity contribution in [1.82, 2.24) is 4.90 Å². The van der Waals surface area contributed by atoms with Gasteiger partial charge < -0.3 is 10.6 Å². The molecular formula is C10H11ClFN3. The third-order valence-corrected chi connectivity index (χ3v) is 2.89. The molecule has 0 fully saturated rings. The molecule has 1 heterocycles. The van der Waals surface area contributed by atoms with Gasteiger partial charge in [-0.05, 0) is 6.07 Å². The molecule has 0 saturated heterocycles. The molecule has 0 aromatic heterocycles. The molecule has 15 heavy (non-hydrogen) atoms. The summed E-state index contributed by atoms with van der Waals surface area (Å²) in [6.45, 7) is 0.472. The van der Waals surface area contributed by atoms with Gasteiger partial charge in [0.1, 0.15) is 5.82 Å². The molecule has 1 aromatic rings. The Balaban J connectivity index is 2.36. The smallest absolute Gasteiger partial charge is 0.191 e. The maximum Gasteiger partial charge on any atom is 0.191 e. The lowest BCUT2D eigenvalue weighted by Gasteiger charge is -2.22. The molecule has 5 heteroatoms. The fraction of sp³-hybridized carbons (Fsp3) is 0.300. The van der Waals surface area contributed by atoms with Gasteiger partial charge in [0.2, 0.25) is 0 Å². The molecule has 1 aromatic carbocycles. The zero-order valence-electron chi connectivity index (χ0n) is 8.24. The standard InChI is InChI=1S/C10H11ClFN3/c1-15-8(5-14-10(15)13)6-3-2-4-7(11)9(6)12/h2-4,8H,5H2,1H3,(H2,13,14). The second kappa shape index (κ2) is 3.70. The molecule has 2 N–H and O–H groups in total. The quantitative estimate of drug-likeness (QED) is 0.795. The summed E-state index contributed by atoms with van der Waals surface area (Å²) >= 11 is 5.71. The van der Waals surface area contributed by atoms with Gasteiger partial charge in [-0.3, -0.25) is 4.99 Å². The van der Waals surface area contributed by atoms with E-state index in [0.717, 1.165) is 0 Å². The van der Waals surface area contributed by atoms with E-state index in [9.17, 15) is 4.39 Å². The maximum atomic E-state index is 13.7. The lowest BCUT2D eigenvalue weighted by molar-refractivity contribution is 0.399. The summed E-state index contributed by atoms with van der Waals surface area (Å²) in [6.07, 6.45) is 0. The van der Waals surface area contributed by atoms with Crippen molar-refractivity contribution in [3.63, 3.8) is 0 Å². The van der Waals surface area contributed by atoms with E-state index < -0.39 is 0 Å². The summed E-state index contributed by atoms with van der Waals surface area (Å²) in [6, 6.07) is 4.81. The molecule has 1 atom stereocenters. The molecule has 1 aliphatic rings. The number of benzene rings is 1. The average Bonchev–Trinajstić information content (AvgIpc) is 2.53. The van der Waals surface area contributed by atoms with Crippen molar-refractivity contribution in [3.8, 4) is 0 Å². The third kappa shape index (κ3) is 1.65. The van der Waals surface area contributed by atoms with Crippen LogP contribution in [0.3, 0.4) is 0 Å². The molecule has 0 radical (unpaired) electrons. The number of likely N-dealkylation sites (N-methyl/N-ethyl adjacent to an activating group) is 1. The van der Waals surface area contributed by atoms with Crippen LogP contribution in [0.1, 0.15) is 11.6 Å². The normalized spacial score (nSPS) is 20.6. The molecule has 2 rings (SSSR count). The first-order valence-corrected chi connectivity index (χ1v) is 4.95. The molecule has 80 valence electrons.